The number of guanidine groups is 3. The smallest absolute Gasteiger partial charge is 0.243 e. The summed E-state index contributed by atoms with van der Waals surface area (Å²) in [5, 5.41) is 22.2. The number of amides is 9. The molecule has 28 nitrogen and oxygen atoms in total. The molecule has 3 aromatic rings. The quantitative estimate of drug-likeness (QED) is 0.0292. The van der Waals surface area contributed by atoms with E-state index in [1.165, 1.54) is 6.92 Å². The highest BCUT2D eigenvalue weighted by atomic mass is 16.2. The molecule has 2 heterocycles. The molecule has 9 amide bonds. The fraction of sp³-hybridized carbons (Fsp3) is 0.490. The zero-order chi connectivity index (χ0) is 57.9. The van der Waals surface area contributed by atoms with E-state index in [2.05, 4.69) is 62.5 Å². The van der Waals surface area contributed by atoms with E-state index in [0.717, 1.165) is 10.9 Å². The minimum absolute atomic E-state index is 0.00981. The molecule has 0 aliphatic carbocycles. The van der Waals surface area contributed by atoms with E-state index < -0.39 is 102 Å². The maximum absolute atomic E-state index is 14.7. The lowest BCUT2D eigenvalue weighted by molar-refractivity contribution is -0.136. The average Bonchev–Trinajstić information content (AvgIpc) is 3.86. The van der Waals surface area contributed by atoms with E-state index in [1.807, 2.05) is 24.3 Å². The van der Waals surface area contributed by atoms with Crippen molar-refractivity contribution in [3.63, 3.8) is 0 Å². The summed E-state index contributed by atoms with van der Waals surface area (Å²) in [5.74, 6) is -7.83. The molecule has 79 heavy (non-hydrogen) atoms. The number of fused-ring (bicyclic) bond motifs is 1. The molecule has 23 N–H and O–H groups in total. The highest BCUT2D eigenvalue weighted by molar-refractivity contribution is 5.99. The molecule has 1 aromatic heterocycles. The third-order valence-electron chi connectivity index (χ3n) is 12.6. The summed E-state index contributed by atoms with van der Waals surface area (Å²) in [7, 11) is 0. The van der Waals surface area contributed by atoms with Crippen LogP contribution in [-0.2, 0) is 56.0 Å². The van der Waals surface area contributed by atoms with Gasteiger partial charge in [-0.1, -0.05) is 61.4 Å². The van der Waals surface area contributed by atoms with Crippen LogP contribution in [0, 0.1) is 0 Å². The number of carbonyl (C=O) groups is 9. The van der Waals surface area contributed by atoms with E-state index in [4.69, 9.17) is 40.1 Å². The highest BCUT2D eigenvalue weighted by Crippen LogP contribution is 2.20. The molecule has 1 fully saturated rings. The number of nitrogens with zero attached hydrogens (tertiary/aromatic N) is 3. The van der Waals surface area contributed by atoms with Crippen molar-refractivity contribution >= 4 is 81.9 Å². The SMILES string of the molecule is CC(=O)N[C@@H](CCCN=C(N)N)C(=O)N[C@H]1CC(=O)NCCCCC[C@@H](C(N)=O)NC(=O)[C@H](Cc2c[nH]c3ccccc23)NC(=O)[C@H](CCCN=C(N)N)NC(=O)[C@@H](Cc2ccccc2)NC(=O)[C@@H](CCCN=C(N)N)NC1=O. The minimum atomic E-state index is -1.64. The molecule has 0 bridgehead atoms. The number of rotatable bonds is 20. The third-order valence-corrected chi connectivity index (χ3v) is 12.6. The largest absolute Gasteiger partial charge is 0.370 e. The highest BCUT2D eigenvalue weighted by Gasteiger charge is 2.35. The Labute approximate surface area is 457 Å². The van der Waals surface area contributed by atoms with Crippen LogP contribution in [0.1, 0.15) is 88.7 Å². The van der Waals surface area contributed by atoms with Crippen LogP contribution in [0.5, 0.6) is 0 Å². The number of aromatic amines is 1. The Morgan fingerprint density at radius 2 is 1.15 bits per heavy atom. The van der Waals surface area contributed by atoms with Crippen LogP contribution < -0.4 is 82.7 Å². The Morgan fingerprint density at radius 1 is 0.620 bits per heavy atom. The second-order valence-electron chi connectivity index (χ2n) is 19.0. The number of nitrogens with two attached hydrogens (primary N) is 7. The predicted molar refractivity (Wildman–Crippen MR) is 296 cm³/mol. The van der Waals surface area contributed by atoms with Crippen molar-refractivity contribution in [1.29, 1.82) is 0 Å². The molecule has 2 aromatic carbocycles. The second-order valence-corrected chi connectivity index (χ2v) is 19.0. The van der Waals surface area contributed by atoms with Gasteiger partial charge in [0, 0.05) is 63.0 Å². The zero-order valence-electron chi connectivity index (χ0n) is 44.4. The van der Waals surface area contributed by atoms with Crippen LogP contribution in [0.4, 0.5) is 0 Å². The standard InChI is InChI=1S/C51H77N19O9/c1-29(71)64-35(18-10-22-60-49(53)54)43(74)70-40-27-41(72)59-21-9-3-6-17-34(42(52)73)65-47(78)39(26-31-28-63-33-16-8-7-15-32(31)33)69-45(76)37(20-12-24-62-51(57)58)66-46(77)38(25-30-13-4-2-5-14-30)68-44(75)36(67-48(40)79)19-11-23-61-50(55)56/h2,4-5,7-8,13-16,28,34-40,63H,3,6,9-12,17-27H2,1H3,(H2,52,73)(H,59,72)(H,64,71)(H,65,78)(H,66,77)(H,67,79)(H,68,75)(H,69,76)(H,70,74)(H4,53,54,60)(H4,55,56,61)(H4,57,58,62)/t34-,35-,36+,37-,38+,39-,40-/m0/s1. The monoisotopic (exact) mass is 1100 g/mol. The normalized spacial score (nSPS) is 20.7. The first-order valence-corrected chi connectivity index (χ1v) is 26.1. The van der Waals surface area contributed by atoms with Crippen LogP contribution in [0.3, 0.4) is 0 Å². The molecule has 0 spiro atoms. The average molecular weight is 1100 g/mol. The molecule has 7 atom stereocenters. The predicted octanol–water partition coefficient (Wildman–Crippen LogP) is -3.91. The van der Waals surface area contributed by atoms with Gasteiger partial charge in [0.15, 0.2) is 17.9 Å². The van der Waals surface area contributed by atoms with Gasteiger partial charge < -0.3 is 87.7 Å². The van der Waals surface area contributed by atoms with Crippen molar-refractivity contribution in [1.82, 2.24) is 47.5 Å². The summed E-state index contributed by atoms with van der Waals surface area (Å²) in [4.78, 5) is 140. The van der Waals surface area contributed by atoms with Gasteiger partial charge in [-0.3, -0.25) is 58.1 Å². The van der Waals surface area contributed by atoms with Crippen molar-refractivity contribution in [2.75, 3.05) is 26.2 Å². The second kappa shape index (κ2) is 32.6. The Bertz CT molecular complexity index is 2650. The number of carbonyl (C=O) groups excluding carboxylic acids is 9. The number of hydrogen-bond acceptors (Lipinski definition) is 12. The topological polar surface area (TPSA) is 485 Å². The van der Waals surface area contributed by atoms with Crippen LogP contribution in [0.15, 0.2) is 75.8 Å². The number of primary amides is 1. The molecular formula is C51H77N19O9. The van der Waals surface area contributed by atoms with Gasteiger partial charge in [-0.15, -0.1) is 0 Å². The van der Waals surface area contributed by atoms with Gasteiger partial charge in [0.25, 0.3) is 0 Å². The summed E-state index contributed by atoms with van der Waals surface area (Å²) in [6.07, 6.45) is 2.39. The maximum atomic E-state index is 14.7. The summed E-state index contributed by atoms with van der Waals surface area (Å²) < 4.78 is 0. The first-order chi connectivity index (χ1) is 37.7. The summed E-state index contributed by atoms with van der Waals surface area (Å²) in [6.45, 7) is 1.44. The van der Waals surface area contributed by atoms with Crippen molar-refractivity contribution in [2.45, 2.75) is 133 Å². The van der Waals surface area contributed by atoms with Crippen molar-refractivity contribution in [2.24, 2.45) is 55.1 Å². The third kappa shape index (κ3) is 22.6. The number of H-pyrrole nitrogens is 1. The van der Waals surface area contributed by atoms with Crippen molar-refractivity contribution in [3.8, 4) is 0 Å². The molecular weight excluding hydrogens is 1020 g/mol. The molecule has 1 aliphatic heterocycles. The van der Waals surface area contributed by atoms with Crippen LogP contribution in [-0.4, -0.2) is 144 Å². The molecule has 0 radical (unpaired) electrons. The fourth-order valence-electron chi connectivity index (χ4n) is 8.62. The molecule has 0 unspecified atom stereocenters. The summed E-state index contributed by atoms with van der Waals surface area (Å²) in [5.41, 5.74) is 41.0. The van der Waals surface area contributed by atoms with E-state index in [1.54, 1.807) is 36.5 Å². The number of para-hydroxylation sites is 1. The summed E-state index contributed by atoms with van der Waals surface area (Å²) >= 11 is 0. The Morgan fingerprint density at radius 3 is 1.75 bits per heavy atom. The van der Waals surface area contributed by atoms with Gasteiger partial charge in [0.2, 0.25) is 53.2 Å². The van der Waals surface area contributed by atoms with Crippen molar-refractivity contribution in [3.05, 3.63) is 71.9 Å². The fourth-order valence-corrected chi connectivity index (χ4v) is 8.62. The molecule has 1 aliphatic rings. The van der Waals surface area contributed by atoms with Gasteiger partial charge in [-0.2, -0.15) is 0 Å². The lowest BCUT2D eigenvalue weighted by Gasteiger charge is -2.28. The van der Waals surface area contributed by atoms with E-state index in [0.29, 0.717) is 30.4 Å². The lowest BCUT2D eigenvalue weighted by atomic mass is 10.0. The van der Waals surface area contributed by atoms with E-state index in [9.17, 15) is 43.2 Å². The van der Waals surface area contributed by atoms with Crippen LogP contribution in [0.2, 0.25) is 0 Å². The lowest BCUT2D eigenvalue weighted by Crippen LogP contribution is -2.60. The maximum Gasteiger partial charge on any atom is 0.243 e. The van der Waals surface area contributed by atoms with Gasteiger partial charge in [0.1, 0.15) is 42.3 Å². The van der Waals surface area contributed by atoms with Crippen LogP contribution in [0.25, 0.3) is 10.9 Å². The first-order valence-electron chi connectivity index (χ1n) is 26.1. The minimum Gasteiger partial charge on any atom is -0.370 e. The number of nitrogens with one attached hydrogen (secondary N) is 9. The Balaban J connectivity index is 1.79. The molecule has 4 rings (SSSR count). The number of aliphatic imine (C=N–C) groups is 3. The molecule has 28 heteroatoms. The summed E-state index contributed by atoms with van der Waals surface area (Å²) in [6, 6.07) is 6.29. The van der Waals surface area contributed by atoms with Crippen LogP contribution >= 0.6 is 0 Å². The van der Waals surface area contributed by atoms with E-state index in [-0.39, 0.29) is 102 Å². The van der Waals surface area contributed by atoms with Gasteiger partial charge in [-0.25, -0.2) is 0 Å². The molecule has 1 saturated heterocycles. The zero-order valence-corrected chi connectivity index (χ0v) is 44.4. The number of hydrogen-bond donors (Lipinski definition) is 16. The Hall–Kier alpha value is -8.98. The number of benzene rings is 2. The molecule has 430 valence electrons. The van der Waals surface area contributed by atoms with Gasteiger partial charge in [-0.05, 0) is 68.6 Å². The number of aromatic nitrogens is 1. The molecule has 0 saturated carbocycles. The van der Waals surface area contributed by atoms with Gasteiger partial charge in [0.05, 0.1) is 6.42 Å². The Kier molecular flexibility index (Phi) is 25.8. The van der Waals surface area contributed by atoms with E-state index >= 15 is 0 Å². The van der Waals surface area contributed by atoms with Gasteiger partial charge >= 0.3 is 0 Å². The van der Waals surface area contributed by atoms with Crippen molar-refractivity contribution < 1.29 is 43.2 Å². The first kappa shape index (κ1) is 62.6.